The van der Waals surface area contributed by atoms with Gasteiger partial charge < -0.3 is 30.7 Å². The second-order valence-electron chi connectivity index (χ2n) is 18.7. The van der Waals surface area contributed by atoms with Crippen LogP contribution < -0.4 is 20.5 Å². The molecule has 6 rings (SSSR count). The van der Waals surface area contributed by atoms with Gasteiger partial charge in [0.05, 0.1) is 25.0 Å². The number of hydrogen-bond acceptors (Lipinski definition) is 7. The second-order valence-corrected chi connectivity index (χ2v) is 18.7. The number of rotatable bonds is 14. The highest BCUT2D eigenvalue weighted by molar-refractivity contribution is 5.77. The van der Waals surface area contributed by atoms with Gasteiger partial charge in [-0.15, -0.1) is 0 Å². The van der Waals surface area contributed by atoms with Crippen molar-refractivity contribution in [3.05, 3.63) is 108 Å². The number of aliphatic carboxylic acids is 2. The van der Waals surface area contributed by atoms with E-state index >= 15 is 0 Å². The van der Waals surface area contributed by atoms with Crippen molar-refractivity contribution in [1.82, 2.24) is 5.32 Å². The number of nitrogens with two attached hydrogens (primary N) is 1. The van der Waals surface area contributed by atoms with Crippen molar-refractivity contribution in [2.45, 2.75) is 125 Å². The molecule has 0 amide bonds. The fraction of sp³-hybridized carbons (Fsp3) is 0.481. The molecule has 61 heavy (non-hydrogen) atoms. The van der Waals surface area contributed by atoms with E-state index in [1.165, 1.54) is 36.8 Å². The van der Waals surface area contributed by atoms with Gasteiger partial charge in [0, 0.05) is 25.2 Å². The maximum absolute atomic E-state index is 10.7. The van der Waals surface area contributed by atoms with Crippen molar-refractivity contribution in [3.8, 4) is 33.8 Å². The Balaban J connectivity index is 0.000000240. The average Bonchev–Trinajstić information content (AvgIpc) is 3.23. The predicted octanol–water partition coefficient (Wildman–Crippen LogP) is 11.5. The van der Waals surface area contributed by atoms with Gasteiger partial charge in [0.15, 0.2) is 0 Å². The maximum Gasteiger partial charge on any atom is 0.304 e. The fourth-order valence-corrected chi connectivity index (χ4v) is 8.05. The van der Waals surface area contributed by atoms with E-state index in [0.29, 0.717) is 41.7 Å². The first-order valence-electron chi connectivity index (χ1n) is 22.1. The third-order valence-corrected chi connectivity index (χ3v) is 12.0. The molecular formula is C52H70N2O7. The lowest BCUT2D eigenvalue weighted by molar-refractivity contribution is -0.137. The highest BCUT2D eigenvalue weighted by Crippen LogP contribution is 2.40. The van der Waals surface area contributed by atoms with Crippen molar-refractivity contribution in [2.75, 3.05) is 13.1 Å². The number of aldehydes is 1. The largest absolute Gasteiger partial charge is 0.490 e. The monoisotopic (exact) mass is 835 g/mol. The van der Waals surface area contributed by atoms with Crippen LogP contribution in [0, 0.1) is 22.7 Å². The number of carboxylic acids is 2. The molecule has 0 radical (unpaired) electrons. The molecule has 0 saturated heterocycles. The van der Waals surface area contributed by atoms with Crippen LogP contribution >= 0.6 is 0 Å². The zero-order chi connectivity index (χ0) is 44.4. The number of nitrogens with one attached hydrogen (secondary N) is 1. The van der Waals surface area contributed by atoms with Crippen LogP contribution in [0.3, 0.4) is 0 Å². The van der Waals surface area contributed by atoms with Crippen LogP contribution in [0.1, 0.15) is 122 Å². The third kappa shape index (κ3) is 17.1. The molecule has 0 atom stereocenters. The number of carbonyl (C=O) groups is 3. The molecule has 0 spiro atoms. The number of benzene rings is 4. The standard InChI is InChI=1S/C26H35NO3.C23H28O2.C3H7NO2/c1-26(2,3)22-10-14-24(15-11-22)30-23-12-8-21(9-13-23)20-6-4-19(5-7-20)18-27-17-16-25(28)29;1-23(2,3)20-10-14-22(15-11-20)25-21-12-8-19(9-13-21)18-6-4-17(16-24)5-7-18;4-2-1-3(5)6/h4-9,12-13,22,24,27H,10-11,14-18H2,1-3H3,(H,28,29);4-9,12-13,16,20,22H,10-11,14-15H2,1-3H3;1-2,4H2,(H,5,6). The van der Waals surface area contributed by atoms with E-state index in [0.717, 1.165) is 72.0 Å². The van der Waals surface area contributed by atoms with Crippen LogP contribution in [0.4, 0.5) is 0 Å². The van der Waals surface area contributed by atoms with Crippen LogP contribution in [0.2, 0.25) is 0 Å². The topological polar surface area (TPSA) is 148 Å². The first-order valence-corrected chi connectivity index (χ1v) is 22.1. The third-order valence-electron chi connectivity index (χ3n) is 12.0. The minimum atomic E-state index is -0.836. The molecule has 2 aliphatic rings. The van der Waals surface area contributed by atoms with Gasteiger partial charge in [-0.05, 0) is 126 Å². The van der Waals surface area contributed by atoms with E-state index in [1.54, 1.807) is 0 Å². The summed E-state index contributed by atoms with van der Waals surface area (Å²) in [4.78, 5) is 30.8. The lowest BCUT2D eigenvalue weighted by Crippen LogP contribution is -2.30. The molecule has 0 heterocycles. The van der Waals surface area contributed by atoms with E-state index in [1.807, 2.05) is 24.3 Å². The van der Waals surface area contributed by atoms with Gasteiger partial charge in [0.2, 0.25) is 0 Å². The Morgan fingerprint density at radius 3 is 1.26 bits per heavy atom. The Hall–Kier alpha value is -4.99. The molecule has 2 saturated carbocycles. The summed E-state index contributed by atoms with van der Waals surface area (Å²) >= 11 is 0. The minimum absolute atomic E-state index is 0.0694. The minimum Gasteiger partial charge on any atom is -0.490 e. The lowest BCUT2D eigenvalue weighted by Gasteiger charge is -2.37. The molecule has 330 valence electrons. The van der Waals surface area contributed by atoms with E-state index < -0.39 is 11.9 Å². The summed E-state index contributed by atoms with van der Waals surface area (Å²) in [6.07, 6.45) is 11.4. The van der Waals surface area contributed by atoms with Crippen LogP contribution in [0.5, 0.6) is 11.5 Å². The van der Waals surface area contributed by atoms with Gasteiger partial charge in [0.25, 0.3) is 0 Å². The highest BCUT2D eigenvalue weighted by Gasteiger charge is 2.31. The number of ether oxygens (including phenoxy) is 2. The first kappa shape index (κ1) is 48.7. The predicted molar refractivity (Wildman–Crippen MR) is 246 cm³/mol. The highest BCUT2D eigenvalue weighted by atomic mass is 16.5. The average molecular weight is 835 g/mol. The van der Waals surface area contributed by atoms with E-state index in [-0.39, 0.29) is 19.4 Å². The molecule has 0 unspecified atom stereocenters. The Bertz CT molecular complexity index is 1900. The normalized spacial score (nSPS) is 18.9. The number of hydrogen-bond donors (Lipinski definition) is 4. The molecule has 5 N–H and O–H groups in total. The smallest absolute Gasteiger partial charge is 0.304 e. The van der Waals surface area contributed by atoms with Gasteiger partial charge in [-0.25, -0.2) is 0 Å². The summed E-state index contributed by atoms with van der Waals surface area (Å²) in [5, 5.41) is 19.7. The van der Waals surface area contributed by atoms with Crippen molar-refractivity contribution in [1.29, 1.82) is 0 Å². The van der Waals surface area contributed by atoms with Crippen LogP contribution in [0.25, 0.3) is 22.3 Å². The molecule has 4 aromatic carbocycles. The molecule has 9 heteroatoms. The summed E-state index contributed by atoms with van der Waals surface area (Å²) in [6.45, 7) is 15.5. The van der Waals surface area contributed by atoms with E-state index in [2.05, 4.69) is 120 Å². The zero-order valence-corrected chi connectivity index (χ0v) is 37.3. The number of carboxylic acid groups (broad SMARTS) is 2. The second kappa shape index (κ2) is 23.9. The van der Waals surface area contributed by atoms with Gasteiger partial charge >= 0.3 is 11.9 Å². The summed E-state index contributed by atoms with van der Waals surface area (Å²) in [5.74, 6) is 1.91. The van der Waals surface area contributed by atoms with Crippen LogP contribution in [-0.2, 0) is 16.1 Å². The number of carbonyl (C=O) groups excluding carboxylic acids is 1. The van der Waals surface area contributed by atoms with Crippen molar-refractivity contribution >= 4 is 18.2 Å². The summed E-state index contributed by atoms with van der Waals surface area (Å²) in [5.41, 5.74) is 12.1. The Morgan fingerprint density at radius 1 is 0.590 bits per heavy atom. The molecule has 0 bridgehead atoms. The molecular weight excluding hydrogens is 765 g/mol. The molecule has 4 aromatic rings. The summed E-state index contributed by atoms with van der Waals surface area (Å²) in [6, 6.07) is 32.7. The molecule has 0 aliphatic heterocycles. The Kier molecular flexibility index (Phi) is 19.0. The molecule has 0 aromatic heterocycles. The van der Waals surface area contributed by atoms with E-state index in [9.17, 15) is 14.4 Å². The van der Waals surface area contributed by atoms with Crippen LogP contribution in [-0.4, -0.2) is 53.7 Å². The molecule has 9 nitrogen and oxygen atoms in total. The van der Waals surface area contributed by atoms with E-state index in [4.69, 9.17) is 25.4 Å². The first-order chi connectivity index (χ1) is 29.0. The maximum atomic E-state index is 10.7. The Morgan fingerprint density at radius 2 is 0.951 bits per heavy atom. The van der Waals surface area contributed by atoms with Crippen molar-refractivity contribution in [3.63, 3.8) is 0 Å². The van der Waals surface area contributed by atoms with Gasteiger partial charge in [0.1, 0.15) is 17.8 Å². The lowest BCUT2D eigenvalue weighted by atomic mass is 9.72. The van der Waals surface area contributed by atoms with Gasteiger partial charge in [-0.3, -0.25) is 14.4 Å². The van der Waals surface area contributed by atoms with Gasteiger partial charge in [-0.2, -0.15) is 0 Å². The zero-order valence-electron chi connectivity index (χ0n) is 37.3. The molecule has 2 fully saturated rings. The van der Waals surface area contributed by atoms with Crippen molar-refractivity contribution < 1.29 is 34.1 Å². The fourth-order valence-electron chi connectivity index (χ4n) is 8.05. The summed E-state index contributed by atoms with van der Waals surface area (Å²) < 4.78 is 12.4. The molecule has 2 aliphatic carbocycles. The van der Waals surface area contributed by atoms with Crippen LogP contribution in [0.15, 0.2) is 97.1 Å². The Labute approximate surface area is 364 Å². The quantitative estimate of drug-likeness (QED) is 0.0719. The van der Waals surface area contributed by atoms with Gasteiger partial charge in [-0.1, -0.05) is 114 Å². The summed E-state index contributed by atoms with van der Waals surface area (Å²) in [7, 11) is 0. The van der Waals surface area contributed by atoms with Crippen molar-refractivity contribution in [2.24, 2.45) is 28.4 Å². The SMILES string of the molecule is CC(C)(C)C1CCC(Oc2ccc(-c3ccc(C=O)cc3)cc2)CC1.CC(C)(C)C1CCC(Oc2ccc(-c3ccc(CNCCC(=O)O)cc3)cc2)CC1.NCCC(=O)O.